The summed E-state index contributed by atoms with van der Waals surface area (Å²) in [5.41, 5.74) is 2.95. The summed E-state index contributed by atoms with van der Waals surface area (Å²) in [5, 5.41) is 0. The van der Waals surface area contributed by atoms with Crippen molar-refractivity contribution in [2.45, 2.75) is 12.8 Å². The summed E-state index contributed by atoms with van der Waals surface area (Å²) in [5.74, 6) is -0.0343. The van der Waals surface area contributed by atoms with Crippen LogP contribution in [0.5, 0.6) is 0 Å². The largest absolute Gasteiger partial charge is 0.465 e. The third-order valence-electron chi connectivity index (χ3n) is 3.11. The molecule has 0 bridgehead atoms. The van der Waals surface area contributed by atoms with E-state index in [9.17, 15) is 4.79 Å². The Morgan fingerprint density at radius 2 is 1.67 bits per heavy atom. The van der Waals surface area contributed by atoms with E-state index >= 15 is 0 Å². The Kier molecular flexibility index (Phi) is 3.78. The molecule has 0 aliphatic carbocycles. The average Bonchev–Trinajstić information content (AvgIpc) is 2.46. The molecule has 0 saturated carbocycles. The van der Waals surface area contributed by atoms with Gasteiger partial charge >= 0.3 is 5.97 Å². The maximum absolute atomic E-state index is 11.5. The van der Waals surface area contributed by atoms with Gasteiger partial charge in [-0.05, 0) is 23.3 Å². The minimum atomic E-state index is -0.294. The third kappa shape index (κ3) is 2.59. The normalized spacial score (nSPS) is 11.9. The maximum Gasteiger partial charge on any atom is 0.337 e. The number of ether oxygens (including phenoxy) is 1. The molecule has 2 aromatic carbocycles. The first kappa shape index (κ1) is 12.4. The second-order valence-electron chi connectivity index (χ2n) is 4.25. The molecule has 1 atom stereocenters. The molecular weight excluding hydrogens is 224 g/mol. The lowest BCUT2D eigenvalue weighted by Gasteiger charge is -2.13. The van der Waals surface area contributed by atoms with Gasteiger partial charge in [-0.15, -0.1) is 0 Å². The van der Waals surface area contributed by atoms with Crippen LogP contribution in [0.2, 0.25) is 0 Å². The van der Waals surface area contributed by atoms with Gasteiger partial charge in [0.05, 0.1) is 12.7 Å². The molecule has 0 heterocycles. The predicted molar refractivity (Wildman–Crippen MR) is 71.7 cm³/mol. The van der Waals surface area contributed by atoms with Gasteiger partial charge in [-0.3, -0.25) is 0 Å². The Morgan fingerprint density at radius 1 is 1.00 bits per heavy atom. The molecule has 2 rings (SSSR count). The molecule has 0 unspecified atom stereocenters. The fraction of sp³-hybridized carbons (Fsp3) is 0.188. The van der Waals surface area contributed by atoms with Gasteiger partial charge in [0, 0.05) is 5.92 Å². The molecule has 0 spiro atoms. The molecule has 18 heavy (non-hydrogen) atoms. The molecule has 2 aromatic rings. The number of rotatable bonds is 3. The number of benzene rings is 2. The Bertz CT molecular complexity index is 532. The molecule has 2 nitrogen and oxygen atoms in total. The van der Waals surface area contributed by atoms with Crippen LogP contribution < -0.4 is 0 Å². The maximum atomic E-state index is 11.5. The van der Waals surface area contributed by atoms with Crippen molar-refractivity contribution in [1.29, 1.82) is 0 Å². The van der Waals surface area contributed by atoms with E-state index in [0.29, 0.717) is 5.56 Å². The number of carbonyl (C=O) groups excluding carboxylic acids is 1. The first-order valence-electron chi connectivity index (χ1n) is 5.95. The van der Waals surface area contributed by atoms with Crippen molar-refractivity contribution in [1.82, 2.24) is 0 Å². The highest BCUT2D eigenvalue weighted by atomic mass is 16.5. The van der Waals surface area contributed by atoms with Crippen molar-refractivity contribution >= 4 is 5.97 Å². The number of esters is 1. The summed E-state index contributed by atoms with van der Waals surface area (Å²) in [6.07, 6.45) is 0. The Hall–Kier alpha value is -2.09. The summed E-state index contributed by atoms with van der Waals surface area (Å²) in [7, 11) is 1.40. The molecule has 0 aromatic heterocycles. The summed E-state index contributed by atoms with van der Waals surface area (Å²) in [6.45, 7) is 2.13. The second kappa shape index (κ2) is 5.50. The van der Waals surface area contributed by atoms with Crippen LogP contribution in [0.25, 0.3) is 0 Å². The second-order valence-corrected chi connectivity index (χ2v) is 4.25. The molecule has 0 fully saturated rings. The van der Waals surface area contributed by atoms with Crippen LogP contribution in [0, 0.1) is 0 Å². The first-order valence-corrected chi connectivity index (χ1v) is 5.95. The Morgan fingerprint density at radius 3 is 2.33 bits per heavy atom. The van der Waals surface area contributed by atoms with Crippen LogP contribution in [0.1, 0.15) is 34.3 Å². The summed E-state index contributed by atoms with van der Waals surface area (Å²) < 4.78 is 4.74. The highest BCUT2D eigenvalue weighted by molar-refractivity contribution is 5.89. The van der Waals surface area contributed by atoms with Crippen LogP contribution in [0.15, 0.2) is 54.6 Å². The van der Waals surface area contributed by atoms with Crippen LogP contribution in [0.4, 0.5) is 0 Å². The summed E-state index contributed by atoms with van der Waals surface area (Å²) >= 11 is 0. The van der Waals surface area contributed by atoms with Gasteiger partial charge in [0.15, 0.2) is 0 Å². The van der Waals surface area contributed by atoms with Crippen molar-refractivity contribution in [3.63, 3.8) is 0 Å². The van der Waals surface area contributed by atoms with E-state index in [1.54, 1.807) is 6.07 Å². The predicted octanol–water partition coefficient (Wildman–Crippen LogP) is 3.63. The molecule has 0 aliphatic rings. The van der Waals surface area contributed by atoms with Crippen LogP contribution in [0.3, 0.4) is 0 Å². The number of carbonyl (C=O) groups is 1. The van der Waals surface area contributed by atoms with Crippen LogP contribution >= 0.6 is 0 Å². The zero-order chi connectivity index (χ0) is 13.0. The molecule has 0 amide bonds. The number of hydrogen-bond donors (Lipinski definition) is 0. The summed E-state index contributed by atoms with van der Waals surface area (Å²) in [6, 6.07) is 17.8. The first-order chi connectivity index (χ1) is 8.72. The molecule has 92 valence electrons. The highest BCUT2D eigenvalue weighted by Crippen LogP contribution is 2.24. The van der Waals surface area contributed by atoms with Gasteiger partial charge in [0.2, 0.25) is 0 Å². The lowest BCUT2D eigenvalue weighted by atomic mass is 9.92. The van der Waals surface area contributed by atoms with Crippen molar-refractivity contribution in [2.75, 3.05) is 7.11 Å². The van der Waals surface area contributed by atoms with E-state index in [1.807, 2.05) is 36.4 Å². The molecule has 0 aliphatic heterocycles. The van der Waals surface area contributed by atoms with Gasteiger partial charge < -0.3 is 4.74 Å². The summed E-state index contributed by atoms with van der Waals surface area (Å²) in [4.78, 5) is 11.5. The molecule has 2 heteroatoms. The minimum absolute atomic E-state index is 0.260. The molecule has 0 radical (unpaired) electrons. The van der Waals surface area contributed by atoms with Gasteiger partial charge in [0.25, 0.3) is 0 Å². The third-order valence-corrected chi connectivity index (χ3v) is 3.11. The van der Waals surface area contributed by atoms with Crippen molar-refractivity contribution in [2.24, 2.45) is 0 Å². The lowest BCUT2D eigenvalue weighted by molar-refractivity contribution is 0.0600. The smallest absolute Gasteiger partial charge is 0.337 e. The standard InChI is InChI=1S/C16H16O2/c1-12(13-7-4-3-5-8-13)14-9-6-10-15(11-14)16(17)18-2/h3-12H,1-2H3/t12-/m0/s1. The van der Waals surface area contributed by atoms with Gasteiger partial charge in [-0.25, -0.2) is 4.79 Å². The van der Waals surface area contributed by atoms with E-state index in [2.05, 4.69) is 19.1 Å². The zero-order valence-electron chi connectivity index (χ0n) is 10.6. The van der Waals surface area contributed by atoms with Gasteiger partial charge in [0.1, 0.15) is 0 Å². The Labute approximate surface area is 107 Å². The molecule has 0 saturated heterocycles. The lowest BCUT2D eigenvalue weighted by Crippen LogP contribution is -2.03. The number of hydrogen-bond acceptors (Lipinski definition) is 2. The van der Waals surface area contributed by atoms with E-state index in [-0.39, 0.29) is 11.9 Å². The van der Waals surface area contributed by atoms with E-state index in [1.165, 1.54) is 12.7 Å². The SMILES string of the molecule is COC(=O)c1cccc([C@@H](C)c2ccccc2)c1. The van der Waals surface area contributed by atoms with E-state index in [0.717, 1.165) is 5.56 Å². The topological polar surface area (TPSA) is 26.3 Å². The Balaban J connectivity index is 2.31. The van der Waals surface area contributed by atoms with E-state index in [4.69, 9.17) is 4.74 Å². The van der Waals surface area contributed by atoms with Gasteiger partial charge in [-0.1, -0.05) is 49.4 Å². The zero-order valence-corrected chi connectivity index (χ0v) is 10.6. The average molecular weight is 240 g/mol. The van der Waals surface area contributed by atoms with Crippen molar-refractivity contribution in [3.8, 4) is 0 Å². The molecular formula is C16H16O2. The van der Waals surface area contributed by atoms with E-state index < -0.39 is 0 Å². The van der Waals surface area contributed by atoms with Crippen LogP contribution in [-0.4, -0.2) is 13.1 Å². The molecule has 0 N–H and O–H groups in total. The highest BCUT2D eigenvalue weighted by Gasteiger charge is 2.11. The fourth-order valence-corrected chi connectivity index (χ4v) is 1.99. The van der Waals surface area contributed by atoms with Crippen molar-refractivity contribution < 1.29 is 9.53 Å². The fourth-order valence-electron chi connectivity index (χ4n) is 1.99. The quantitative estimate of drug-likeness (QED) is 0.766. The van der Waals surface area contributed by atoms with Crippen molar-refractivity contribution in [3.05, 3.63) is 71.3 Å². The monoisotopic (exact) mass is 240 g/mol. The van der Waals surface area contributed by atoms with Gasteiger partial charge in [-0.2, -0.15) is 0 Å². The van der Waals surface area contributed by atoms with Crippen LogP contribution in [-0.2, 0) is 4.74 Å². The minimum Gasteiger partial charge on any atom is -0.465 e. The number of methoxy groups -OCH3 is 1.